The topological polar surface area (TPSA) is 64.9 Å². The second-order valence-corrected chi connectivity index (χ2v) is 5.39. The van der Waals surface area contributed by atoms with Gasteiger partial charge in [-0.05, 0) is 25.0 Å². The van der Waals surface area contributed by atoms with Crippen molar-refractivity contribution in [2.75, 3.05) is 12.4 Å². The summed E-state index contributed by atoms with van der Waals surface area (Å²) in [4.78, 5) is 13.5. The molecule has 0 spiro atoms. The molecule has 1 aliphatic heterocycles. The number of fused-ring (bicyclic) bond motifs is 3. The van der Waals surface area contributed by atoms with Crippen molar-refractivity contribution in [1.82, 2.24) is 19.5 Å². The van der Waals surface area contributed by atoms with E-state index in [1.165, 1.54) is 12.8 Å². The van der Waals surface area contributed by atoms with Crippen LogP contribution in [0.4, 0.5) is 11.5 Å². The first-order valence-electron chi connectivity index (χ1n) is 7.46. The van der Waals surface area contributed by atoms with E-state index in [1.54, 1.807) is 13.4 Å². The molecule has 0 amide bonds. The van der Waals surface area contributed by atoms with Crippen LogP contribution < -0.4 is 10.1 Å². The van der Waals surface area contributed by atoms with E-state index in [2.05, 4.69) is 19.9 Å². The summed E-state index contributed by atoms with van der Waals surface area (Å²) in [6.07, 6.45) is 4.97. The van der Waals surface area contributed by atoms with Gasteiger partial charge < -0.3 is 14.6 Å². The van der Waals surface area contributed by atoms with Gasteiger partial charge in [-0.3, -0.25) is 0 Å². The van der Waals surface area contributed by atoms with Crippen LogP contribution in [-0.4, -0.2) is 26.6 Å². The Morgan fingerprint density at radius 2 is 2.18 bits per heavy atom. The lowest BCUT2D eigenvalue weighted by Crippen LogP contribution is -2.10. The van der Waals surface area contributed by atoms with E-state index in [1.807, 2.05) is 24.3 Å². The molecule has 0 saturated heterocycles. The lowest BCUT2D eigenvalue weighted by atomic mass is 10.2. The van der Waals surface area contributed by atoms with Crippen molar-refractivity contribution in [3.8, 4) is 5.75 Å². The second-order valence-electron chi connectivity index (χ2n) is 5.39. The summed E-state index contributed by atoms with van der Waals surface area (Å²) in [5, 5.41) is 3.32. The number of benzene rings is 1. The molecule has 22 heavy (non-hydrogen) atoms. The molecule has 3 heterocycles. The number of aryl methyl sites for hydroxylation is 2. The van der Waals surface area contributed by atoms with Crippen molar-refractivity contribution in [2.24, 2.45) is 0 Å². The number of nitrogens with one attached hydrogen (secondary N) is 1. The summed E-state index contributed by atoms with van der Waals surface area (Å²) in [7, 11) is 1.66. The van der Waals surface area contributed by atoms with Gasteiger partial charge in [0.25, 0.3) is 0 Å². The van der Waals surface area contributed by atoms with Gasteiger partial charge in [0.1, 0.15) is 17.9 Å². The highest BCUT2D eigenvalue weighted by molar-refractivity contribution is 5.85. The highest BCUT2D eigenvalue weighted by Gasteiger charge is 2.18. The lowest BCUT2D eigenvalue weighted by molar-refractivity contribution is 0.415. The molecule has 2 aromatic heterocycles. The van der Waals surface area contributed by atoms with Crippen LogP contribution in [0.25, 0.3) is 11.2 Å². The van der Waals surface area contributed by atoms with E-state index in [4.69, 9.17) is 9.72 Å². The van der Waals surface area contributed by atoms with Crippen LogP contribution in [0.15, 0.2) is 30.6 Å². The van der Waals surface area contributed by atoms with E-state index in [0.717, 1.165) is 47.2 Å². The van der Waals surface area contributed by atoms with Crippen molar-refractivity contribution in [3.05, 3.63) is 36.4 Å². The van der Waals surface area contributed by atoms with Crippen molar-refractivity contribution < 1.29 is 4.74 Å². The van der Waals surface area contributed by atoms with E-state index >= 15 is 0 Å². The Morgan fingerprint density at radius 1 is 1.23 bits per heavy atom. The number of ether oxygens (including phenoxy) is 1. The van der Waals surface area contributed by atoms with Crippen molar-refractivity contribution in [3.63, 3.8) is 0 Å². The summed E-state index contributed by atoms with van der Waals surface area (Å²) in [6, 6.07) is 7.77. The minimum Gasteiger partial charge on any atom is -0.497 e. The maximum Gasteiger partial charge on any atom is 0.165 e. The van der Waals surface area contributed by atoms with Gasteiger partial charge in [0.15, 0.2) is 17.0 Å². The Balaban J connectivity index is 1.76. The summed E-state index contributed by atoms with van der Waals surface area (Å²) in [5.41, 5.74) is 2.67. The van der Waals surface area contributed by atoms with Crippen LogP contribution >= 0.6 is 0 Å². The van der Waals surface area contributed by atoms with Gasteiger partial charge in [0.2, 0.25) is 0 Å². The number of hydrogen-bond donors (Lipinski definition) is 1. The predicted octanol–water partition coefficient (Wildman–Crippen LogP) is 2.91. The van der Waals surface area contributed by atoms with Crippen LogP contribution in [0, 0.1) is 0 Å². The first kappa shape index (κ1) is 13.1. The van der Waals surface area contributed by atoms with Gasteiger partial charge in [-0.1, -0.05) is 6.07 Å². The number of hydrogen-bond acceptors (Lipinski definition) is 5. The molecule has 6 heteroatoms. The normalized spacial score (nSPS) is 13.9. The molecule has 1 aromatic carbocycles. The Morgan fingerprint density at radius 3 is 3.09 bits per heavy atom. The highest BCUT2D eigenvalue weighted by Crippen LogP contribution is 2.27. The quantitative estimate of drug-likeness (QED) is 0.805. The third-order valence-electron chi connectivity index (χ3n) is 3.98. The average molecular weight is 295 g/mol. The molecule has 4 rings (SSSR count). The smallest absolute Gasteiger partial charge is 0.165 e. The molecule has 1 aliphatic rings. The summed E-state index contributed by atoms with van der Waals surface area (Å²) in [6.45, 7) is 0.988. The van der Waals surface area contributed by atoms with Crippen molar-refractivity contribution in [2.45, 2.75) is 25.8 Å². The zero-order chi connectivity index (χ0) is 14.9. The summed E-state index contributed by atoms with van der Waals surface area (Å²) >= 11 is 0. The van der Waals surface area contributed by atoms with Crippen molar-refractivity contribution in [1.29, 1.82) is 0 Å². The van der Waals surface area contributed by atoms with E-state index in [-0.39, 0.29) is 0 Å². The number of aromatic nitrogens is 4. The van der Waals surface area contributed by atoms with Crippen LogP contribution in [0.5, 0.6) is 5.75 Å². The number of imidazole rings is 1. The number of methoxy groups -OCH3 is 1. The van der Waals surface area contributed by atoms with Gasteiger partial charge >= 0.3 is 0 Å². The number of rotatable bonds is 3. The Kier molecular flexibility index (Phi) is 3.14. The minimum atomic E-state index is 0.736. The molecule has 0 fully saturated rings. The molecular weight excluding hydrogens is 278 g/mol. The molecule has 1 N–H and O–H groups in total. The molecule has 0 radical (unpaired) electrons. The van der Waals surface area contributed by atoms with Crippen LogP contribution in [0.2, 0.25) is 0 Å². The Hall–Kier alpha value is -2.63. The third kappa shape index (κ3) is 2.16. The molecule has 6 nitrogen and oxygen atoms in total. The average Bonchev–Trinajstić information content (AvgIpc) is 2.95. The van der Waals surface area contributed by atoms with Crippen LogP contribution in [0.3, 0.4) is 0 Å². The van der Waals surface area contributed by atoms with Gasteiger partial charge in [-0.2, -0.15) is 0 Å². The predicted molar refractivity (Wildman–Crippen MR) is 84.5 cm³/mol. The second kappa shape index (κ2) is 5.29. The first-order chi connectivity index (χ1) is 10.8. The fourth-order valence-electron chi connectivity index (χ4n) is 2.89. The van der Waals surface area contributed by atoms with Crippen molar-refractivity contribution >= 4 is 22.7 Å². The molecule has 0 aliphatic carbocycles. The molecule has 0 unspecified atom stereocenters. The first-order valence-corrected chi connectivity index (χ1v) is 7.46. The highest BCUT2D eigenvalue weighted by atomic mass is 16.5. The molecule has 0 atom stereocenters. The van der Waals surface area contributed by atoms with E-state index < -0.39 is 0 Å². The monoisotopic (exact) mass is 295 g/mol. The number of anilines is 2. The Bertz CT molecular complexity index is 827. The fraction of sp³-hybridized carbons (Fsp3) is 0.312. The maximum atomic E-state index is 5.25. The van der Waals surface area contributed by atoms with Gasteiger partial charge in [-0.15, -0.1) is 0 Å². The van der Waals surface area contributed by atoms with Crippen LogP contribution in [-0.2, 0) is 13.0 Å². The molecule has 3 aromatic rings. The van der Waals surface area contributed by atoms with Gasteiger partial charge in [0.05, 0.1) is 7.11 Å². The molecule has 0 saturated carbocycles. The largest absolute Gasteiger partial charge is 0.497 e. The fourth-order valence-corrected chi connectivity index (χ4v) is 2.89. The minimum absolute atomic E-state index is 0.736. The van der Waals surface area contributed by atoms with E-state index in [9.17, 15) is 0 Å². The zero-order valence-electron chi connectivity index (χ0n) is 12.4. The lowest BCUT2D eigenvalue weighted by Gasteiger charge is -2.13. The molecule has 0 bridgehead atoms. The SMILES string of the molecule is COc1cccc(Nc2ncnc3c2nc2n3CCCC2)c1. The number of nitrogens with zero attached hydrogens (tertiary/aromatic N) is 4. The third-order valence-corrected chi connectivity index (χ3v) is 3.98. The summed E-state index contributed by atoms with van der Waals surface area (Å²) < 4.78 is 7.46. The summed E-state index contributed by atoms with van der Waals surface area (Å²) in [5.74, 6) is 2.65. The standard InChI is InChI=1S/C16H17N5O/c1-22-12-6-4-5-11(9-12)19-15-14-16(18-10-17-15)21-8-3-2-7-13(21)20-14/h4-6,9-10H,2-3,7-8H2,1H3,(H,17,18,19). The van der Waals surface area contributed by atoms with Gasteiger partial charge in [0, 0.05) is 24.7 Å². The molecular formula is C16H17N5O. The maximum absolute atomic E-state index is 5.25. The zero-order valence-corrected chi connectivity index (χ0v) is 12.4. The van der Waals surface area contributed by atoms with Crippen LogP contribution in [0.1, 0.15) is 18.7 Å². The Labute approximate surface area is 128 Å². The molecule has 112 valence electrons. The van der Waals surface area contributed by atoms with Gasteiger partial charge in [-0.25, -0.2) is 15.0 Å². The van der Waals surface area contributed by atoms with E-state index in [0.29, 0.717) is 0 Å².